The van der Waals surface area contributed by atoms with E-state index in [1.165, 1.54) is 11.3 Å². The molecule has 2 rings (SSSR count). The van der Waals surface area contributed by atoms with Crippen molar-refractivity contribution in [2.75, 3.05) is 20.6 Å². The molecule has 4 heteroatoms. The molecule has 21 heavy (non-hydrogen) atoms. The summed E-state index contributed by atoms with van der Waals surface area (Å²) in [5.41, 5.74) is 1.15. The molecule has 0 saturated heterocycles. The summed E-state index contributed by atoms with van der Waals surface area (Å²) in [5, 5.41) is 4.01. The zero-order valence-electron chi connectivity index (χ0n) is 13.4. The number of nitrogens with zero attached hydrogens (tertiary/aromatic N) is 1. The van der Waals surface area contributed by atoms with Gasteiger partial charge in [0.15, 0.2) is 0 Å². The Kier molecular flexibility index (Phi) is 5.73. The maximum absolute atomic E-state index is 14.2. The second-order valence-electron chi connectivity index (χ2n) is 6.07. The van der Waals surface area contributed by atoms with E-state index in [9.17, 15) is 4.39 Å². The van der Waals surface area contributed by atoms with Gasteiger partial charge < -0.3 is 10.2 Å². The highest BCUT2D eigenvalue weighted by molar-refractivity contribution is 7.19. The molecule has 0 aliphatic heterocycles. The van der Waals surface area contributed by atoms with Gasteiger partial charge in [0.1, 0.15) is 5.82 Å². The molecule has 2 aromatic rings. The van der Waals surface area contributed by atoms with Crippen molar-refractivity contribution in [2.45, 2.75) is 33.4 Å². The zero-order valence-corrected chi connectivity index (χ0v) is 14.2. The van der Waals surface area contributed by atoms with Crippen molar-refractivity contribution in [1.29, 1.82) is 0 Å². The number of hydrogen-bond acceptors (Lipinski definition) is 3. The molecule has 0 spiro atoms. The molecule has 2 nitrogen and oxygen atoms in total. The molecular formula is C17H25FN2S. The van der Waals surface area contributed by atoms with Crippen LogP contribution in [0.5, 0.6) is 0 Å². The van der Waals surface area contributed by atoms with E-state index in [2.05, 4.69) is 31.1 Å². The number of thiophene rings is 1. The normalized spacial score (nSPS) is 12.0. The van der Waals surface area contributed by atoms with Crippen LogP contribution in [-0.2, 0) is 13.1 Å². The SMILES string of the molecule is CNCc1sc2cccc(F)c2c1CN(C)CCC(C)C. The molecule has 1 aromatic heterocycles. The second kappa shape index (κ2) is 7.34. The van der Waals surface area contributed by atoms with Crippen LogP contribution in [0.25, 0.3) is 10.1 Å². The van der Waals surface area contributed by atoms with Gasteiger partial charge in [-0.1, -0.05) is 19.9 Å². The van der Waals surface area contributed by atoms with Crippen LogP contribution in [0.15, 0.2) is 18.2 Å². The number of rotatable bonds is 7. The van der Waals surface area contributed by atoms with Crippen molar-refractivity contribution in [3.8, 4) is 0 Å². The minimum Gasteiger partial charge on any atom is -0.315 e. The molecule has 0 fully saturated rings. The molecule has 0 saturated carbocycles. The quantitative estimate of drug-likeness (QED) is 0.823. The van der Waals surface area contributed by atoms with E-state index < -0.39 is 0 Å². The lowest BCUT2D eigenvalue weighted by Crippen LogP contribution is -2.21. The van der Waals surface area contributed by atoms with Crippen LogP contribution in [0.2, 0.25) is 0 Å². The third-order valence-electron chi connectivity index (χ3n) is 3.70. The summed E-state index contributed by atoms with van der Waals surface area (Å²) < 4.78 is 15.3. The van der Waals surface area contributed by atoms with Crippen LogP contribution >= 0.6 is 11.3 Å². The Morgan fingerprint density at radius 2 is 2.10 bits per heavy atom. The first-order valence-electron chi connectivity index (χ1n) is 7.54. The van der Waals surface area contributed by atoms with Crippen molar-refractivity contribution >= 4 is 21.4 Å². The van der Waals surface area contributed by atoms with Crippen molar-refractivity contribution in [2.24, 2.45) is 5.92 Å². The number of benzene rings is 1. The van der Waals surface area contributed by atoms with Crippen LogP contribution in [0, 0.1) is 11.7 Å². The summed E-state index contributed by atoms with van der Waals surface area (Å²) >= 11 is 1.70. The van der Waals surface area contributed by atoms with E-state index >= 15 is 0 Å². The lowest BCUT2D eigenvalue weighted by Gasteiger charge is -2.18. The van der Waals surface area contributed by atoms with Gasteiger partial charge in [-0.05, 0) is 50.7 Å². The maximum atomic E-state index is 14.2. The van der Waals surface area contributed by atoms with Gasteiger partial charge >= 0.3 is 0 Å². The Bertz CT molecular complexity index is 592. The fraction of sp³-hybridized carbons (Fsp3) is 0.529. The minimum absolute atomic E-state index is 0.0987. The first-order valence-corrected chi connectivity index (χ1v) is 8.36. The average Bonchev–Trinajstić information content (AvgIpc) is 2.76. The van der Waals surface area contributed by atoms with Gasteiger partial charge in [0.2, 0.25) is 0 Å². The molecular weight excluding hydrogens is 283 g/mol. The van der Waals surface area contributed by atoms with Crippen molar-refractivity contribution in [3.05, 3.63) is 34.5 Å². The highest BCUT2D eigenvalue weighted by Crippen LogP contribution is 2.34. The van der Waals surface area contributed by atoms with Gasteiger partial charge in [-0.15, -0.1) is 11.3 Å². The fourth-order valence-corrected chi connectivity index (χ4v) is 3.76. The summed E-state index contributed by atoms with van der Waals surface area (Å²) in [4.78, 5) is 3.54. The Morgan fingerprint density at radius 1 is 1.33 bits per heavy atom. The van der Waals surface area contributed by atoms with E-state index in [0.717, 1.165) is 35.3 Å². The molecule has 1 heterocycles. The van der Waals surface area contributed by atoms with Crippen molar-refractivity contribution in [3.63, 3.8) is 0 Å². The summed E-state index contributed by atoms with van der Waals surface area (Å²) in [6.07, 6.45) is 1.17. The minimum atomic E-state index is -0.0987. The van der Waals surface area contributed by atoms with Crippen LogP contribution in [0.1, 0.15) is 30.7 Å². The maximum Gasteiger partial charge on any atom is 0.132 e. The van der Waals surface area contributed by atoms with Gasteiger partial charge in [0.25, 0.3) is 0 Å². The average molecular weight is 308 g/mol. The van der Waals surface area contributed by atoms with Crippen LogP contribution in [0.3, 0.4) is 0 Å². The van der Waals surface area contributed by atoms with Crippen LogP contribution in [-0.4, -0.2) is 25.5 Å². The first kappa shape index (κ1) is 16.4. The monoisotopic (exact) mass is 308 g/mol. The van der Waals surface area contributed by atoms with Gasteiger partial charge in [-0.25, -0.2) is 4.39 Å². The van der Waals surface area contributed by atoms with Crippen LogP contribution in [0.4, 0.5) is 4.39 Å². The zero-order chi connectivity index (χ0) is 15.4. The van der Waals surface area contributed by atoms with Crippen LogP contribution < -0.4 is 5.32 Å². The smallest absolute Gasteiger partial charge is 0.132 e. The highest BCUT2D eigenvalue weighted by atomic mass is 32.1. The molecule has 0 amide bonds. The van der Waals surface area contributed by atoms with E-state index in [0.29, 0.717) is 5.92 Å². The largest absolute Gasteiger partial charge is 0.315 e. The third-order valence-corrected chi connectivity index (χ3v) is 4.90. The Labute approximate surface area is 131 Å². The van der Waals surface area contributed by atoms with Gasteiger partial charge in [-0.3, -0.25) is 0 Å². The lowest BCUT2D eigenvalue weighted by atomic mass is 10.1. The van der Waals surface area contributed by atoms with E-state index in [1.807, 2.05) is 13.1 Å². The summed E-state index contributed by atoms with van der Waals surface area (Å²) in [7, 11) is 4.06. The summed E-state index contributed by atoms with van der Waals surface area (Å²) in [5.74, 6) is 0.596. The van der Waals surface area contributed by atoms with Crippen molar-refractivity contribution < 1.29 is 4.39 Å². The Hall–Kier alpha value is -0.970. The lowest BCUT2D eigenvalue weighted by molar-refractivity contribution is 0.304. The summed E-state index contributed by atoms with van der Waals surface area (Å²) in [6, 6.07) is 5.37. The van der Waals surface area contributed by atoms with E-state index in [1.54, 1.807) is 23.5 Å². The molecule has 0 atom stereocenters. The molecule has 0 unspecified atom stereocenters. The van der Waals surface area contributed by atoms with Crippen molar-refractivity contribution in [1.82, 2.24) is 10.2 Å². The second-order valence-corrected chi connectivity index (χ2v) is 7.20. The standard InChI is InChI=1S/C17H25FN2S/c1-12(2)8-9-20(4)11-13-16(10-19-3)21-15-7-5-6-14(18)17(13)15/h5-7,12,19H,8-11H2,1-4H3. The number of hydrogen-bond donors (Lipinski definition) is 1. The first-order chi connectivity index (χ1) is 10.0. The topological polar surface area (TPSA) is 15.3 Å². The fourth-order valence-electron chi connectivity index (χ4n) is 2.51. The highest BCUT2D eigenvalue weighted by Gasteiger charge is 2.16. The number of halogens is 1. The van der Waals surface area contributed by atoms with Gasteiger partial charge in [0.05, 0.1) is 0 Å². The van der Waals surface area contributed by atoms with E-state index in [-0.39, 0.29) is 5.82 Å². The molecule has 1 N–H and O–H groups in total. The molecule has 0 bridgehead atoms. The van der Waals surface area contributed by atoms with E-state index in [4.69, 9.17) is 0 Å². The molecule has 0 radical (unpaired) electrons. The predicted molar refractivity (Wildman–Crippen MR) is 90.3 cm³/mol. The van der Waals surface area contributed by atoms with Gasteiger partial charge in [-0.2, -0.15) is 0 Å². The van der Waals surface area contributed by atoms with Gasteiger partial charge in [0, 0.05) is 28.1 Å². The number of fused-ring (bicyclic) bond motifs is 1. The molecule has 1 aromatic carbocycles. The molecule has 0 aliphatic rings. The molecule has 0 aliphatic carbocycles. The predicted octanol–water partition coefficient (Wildman–Crippen LogP) is 4.24. The Balaban J connectivity index is 2.29. The third kappa shape index (κ3) is 4.02. The Morgan fingerprint density at radius 3 is 2.76 bits per heavy atom. The number of nitrogens with one attached hydrogen (secondary N) is 1. The summed E-state index contributed by atoms with van der Waals surface area (Å²) in [6.45, 7) is 7.12. The molecule has 116 valence electrons.